The van der Waals surface area contributed by atoms with Gasteiger partial charge in [0.15, 0.2) is 0 Å². The van der Waals surface area contributed by atoms with Gasteiger partial charge in [0.05, 0.1) is 12.8 Å². The minimum atomic E-state index is -3.72. The Hall–Kier alpha value is -2.54. The SMILES string of the molecule is CCn1cc(S(=O)(=O)Nc2cccc(OC)c2)c2cccnc21. The lowest BCUT2D eigenvalue weighted by molar-refractivity contribution is 0.415. The molecule has 1 aromatic carbocycles. The quantitative estimate of drug-likeness (QED) is 0.780. The number of nitrogens with zero attached hydrogens (tertiary/aromatic N) is 2. The molecule has 0 saturated carbocycles. The van der Waals surface area contributed by atoms with Crippen molar-refractivity contribution in [1.29, 1.82) is 0 Å². The van der Waals surface area contributed by atoms with Crippen molar-refractivity contribution < 1.29 is 13.2 Å². The summed E-state index contributed by atoms with van der Waals surface area (Å²) in [5.74, 6) is 0.586. The van der Waals surface area contributed by atoms with Gasteiger partial charge in [-0.15, -0.1) is 0 Å². The number of rotatable bonds is 5. The van der Waals surface area contributed by atoms with Crippen LogP contribution >= 0.6 is 0 Å². The Morgan fingerprint density at radius 2 is 2.09 bits per heavy atom. The van der Waals surface area contributed by atoms with Crippen LogP contribution in [-0.2, 0) is 16.6 Å². The van der Waals surface area contributed by atoms with E-state index in [4.69, 9.17) is 4.74 Å². The van der Waals surface area contributed by atoms with Gasteiger partial charge in [-0.1, -0.05) is 6.07 Å². The molecule has 0 saturated heterocycles. The van der Waals surface area contributed by atoms with Crippen molar-refractivity contribution in [3.8, 4) is 5.75 Å². The highest BCUT2D eigenvalue weighted by molar-refractivity contribution is 7.93. The van der Waals surface area contributed by atoms with E-state index in [1.54, 1.807) is 48.8 Å². The predicted octanol–water partition coefficient (Wildman–Crippen LogP) is 2.87. The molecule has 120 valence electrons. The molecular weight excluding hydrogens is 314 g/mol. The molecule has 0 spiro atoms. The molecule has 3 aromatic rings. The van der Waals surface area contributed by atoms with E-state index in [1.807, 2.05) is 11.5 Å². The molecule has 3 rings (SSSR count). The number of benzene rings is 1. The number of pyridine rings is 1. The maximum Gasteiger partial charge on any atom is 0.264 e. The molecule has 0 aliphatic rings. The maximum absolute atomic E-state index is 12.8. The number of ether oxygens (including phenoxy) is 1. The number of nitrogens with one attached hydrogen (secondary N) is 1. The number of fused-ring (bicyclic) bond motifs is 1. The van der Waals surface area contributed by atoms with Crippen LogP contribution in [0.3, 0.4) is 0 Å². The molecule has 1 N–H and O–H groups in total. The number of hydrogen-bond donors (Lipinski definition) is 1. The van der Waals surface area contributed by atoms with Gasteiger partial charge in [-0.2, -0.15) is 0 Å². The number of methoxy groups -OCH3 is 1. The molecule has 0 unspecified atom stereocenters. The fourth-order valence-electron chi connectivity index (χ4n) is 2.44. The topological polar surface area (TPSA) is 73.2 Å². The molecule has 2 aromatic heterocycles. The van der Waals surface area contributed by atoms with Crippen LogP contribution in [0.25, 0.3) is 11.0 Å². The minimum absolute atomic E-state index is 0.213. The van der Waals surface area contributed by atoms with Crippen molar-refractivity contribution in [2.75, 3.05) is 11.8 Å². The smallest absolute Gasteiger partial charge is 0.264 e. The summed E-state index contributed by atoms with van der Waals surface area (Å²) in [5.41, 5.74) is 1.10. The summed E-state index contributed by atoms with van der Waals surface area (Å²) < 4.78 is 35.0. The third-order valence-corrected chi connectivity index (χ3v) is 4.96. The van der Waals surface area contributed by atoms with Gasteiger partial charge in [-0.3, -0.25) is 4.72 Å². The molecule has 0 amide bonds. The molecule has 0 atom stereocenters. The Bertz CT molecular complexity index is 948. The van der Waals surface area contributed by atoms with Crippen LogP contribution in [0.4, 0.5) is 5.69 Å². The third-order valence-electron chi connectivity index (χ3n) is 3.55. The highest BCUT2D eigenvalue weighted by Gasteiger charge is 2.21. The van der Waals surface area contributed by atoms with E-state index in [0.29, 0.717) is 29.0 Å². The van der Waals surface area contributed by atoms with Crippen molar-refractivity contribution in [2.45, 2.75) is 18.4 Å². The van der Waals surface area contributed by atoms with E-state index in [0.717, 1.165) is 0 Å². The average Bonchev–Trinajstić information content (AvgIpc) is 2.94. The van der Waals surface area contributed by atoms with Crippen molar-refractivity contribution in [3.05, 3.63) is 48.8 Å². The van der Waals surface area contributed by atoms with Gasteiger partial charge < -0.3 is 9.30 Å². The Labute approximate surface area is 134 Å². The van der Waals surface area contributed by atoms with E-state index in [2.05, 4.69) is 9.71 Å². The zero-order valence-electron chi connectivity index (χ0n) is 12.9. The average molecular weight is 331 g/mol. The minimum Gasteiger partial charge on any atom is -0.497 e. The Kier molecular flexibility index (Phi) is 3.96. The summed E-state index contributed by atoms with van der Waals surface area (Å²) in [6.45, 7) is 2.59. The van der Waals surface area contributed by atoms with Gasteiger partial charge in [0.25, 0.3) is 10.0 Å². The van der Waals surface area contributed by atoms with Crippen LogP contribution < -0.4 is 9.46 Å². The summed E-state index contributed by atoms with van der Waals surface area (Å²) in [4.78, 5) is 4.48. The molecular formula is C16H17N3O3S. The van der Waals surface area contributed by atoms with Crippen LogP contribution in [0.1, 0.15) is 6.92 Å². The lowest BCUT2D eigenvalue weighted by atomic mass is 10.3. The first-order chi connectivity index (χ1) is 11.0. The number of aryl methyl sites for hydroxylation is 1. The molecule has 6 nitrogen and oxygen atoms in total. The lowest BCUT2D eigenvalue weighted by Gasteiger charge is -2.08. The van der Waals surface area contributed by atoms with Crippen LogP contribution in [0, 0.1) is 0 Å². The first-order valence-electron chi connectivity index (χ1n) is 7.16. The van der Waals surface area contributed by atoms with Gasteiger partial charge in [-0.25, -0.2) is 13.4 Å². The van der Waals surface area contributed by atoms with E-state index < -0.39 is 10.0 Å². The summed E-state index contributed by atoms with van der Waals surface area (Å²) in [7, 11) is -2.18. The fraction of sp³-hybridized carbons (Fsp3) is 0.188. The maximum atomic E-state index is 12.8. The van der Waals surface area contributed by atoms with Gasteiger partial charge in [0.1, 0.15) is 16.3 Å². The summed E-state index contributed by atoms with van der Waals surface area (Å²) in [5, 5.41) is 0.602. The highest BCUT2D eigenvalue weighted by atomic mass is 32.2. The van der Waals surface area contributed by atoms with Crippen molar-refractivity contribution >= 4 is 26.7 Å². The monoisotopic (exact) mass is 331 g/mol. The van der Waals surface area contributed by atoms with Gasteiger partial charge >= 0.3 is 0 Å². The molecule has 0 radical (unpaired) electrons. The summed E-state index contributed by atoms with van der Waals surface area (Å²) in [6, 6.07) is 10.3. The summed E-state index contributed by atoms with van der Waals surface area (Å²) >= 11 is 0. The number of anilines is 1. The third kappa shape index (κ3) is 2.87. The normalized spacial score (nSPS) is 11.6. The Morgan fingerprint density at radius 3 is 2.83 bits per heavy atom. The number of sulfonamides is 1. The molecule has 7 heteroatoms. The highest BCUT2D eigenvalue weighted by Crippen LogP contribution is 2.26. The van der Waals surface area contributed by atoms with Crippen molar-refractivity contribution in [1.82, 2.24) is 9.55 Å². The van der Waals surface area contributed by atoms with E-state index in [1.165, 1.54) is 7.11 Å². The zero-order valence-corrected chi connectivity index (χ0v) is 13.7. The second-order valence-electron chi connectivity index (χ2n) is 4.99. The Balaban J connectivity index is 2.06. The van der Waals surface area contributed by atoms with E-state index in [-0.39, 0.29) is 4.90 Å². The standard InChI is InChI=1S/C16H17N3O3S/c1-3-19-11-15(14-8-5-9-17-16(14)19)23(20,21)18-12-6-4-7-13(10-12)22-2/h4-11,18H,3H2,1-2H3. The molecule has 0 aliphatic carbocycles. The van der Waals surface area contributed by atoms with Gasteiger partial charge in [0, 0.05) is 30.4 Å². The summed E-state index contributed by atoms with van der Waals surface area (Å²) in [6.07, 6.45) is 3.26. The van der Waals surface area contributed by atoms with Crippen LogP contribution in [0.2, 0.25) is 0 Å². The van der Waals surface area contributed by atoms with E-state index >= 15 is 0 Å². The number of hydrogen-bond acceptors (Lipinski definition) is 4. The van der Waals surface area contributed by atoms with E-state index in [9.17, 15) is 8.42 Å². The molecule has 0 bridgehead atoms. The van der Waals surface area contributed by atoms with Gasteiger partial charge in [-0.05, 0) is 31.2 Å². The molecule has 2 heterocycles. The second-order valence-corrected chi connectivity index (χ2v) is 6.64. The largest absolute Gasteiger partial charge is 0.497 e. The molecule has 0 fully saturated rings. The first kappa shape index (κ1) is 15.4. The van der Waals surface area contributed by atoms with Crippen molar-refractivity contribution in [2.24, 2.45) is 0 Å². The molecule has 0 aliphatic heterocycles. The predicted molar refractivity (Wildman–Crippen MR) is 89.2 cm³/mol. The van der Waals surface area contributed by atoms with Crippen molar-refractivity contribution in [3.63, 3.8) is 0 Å². The fourth-order valence-corrected chi connectivity index (χ4v) is 3.70. The second kappa shape index (κ2) is 5.92. The van der Waals surface area contributed by atoms with Crippen LogP contribution in [0.15, 0.2) is 53.7 Å². The van der Waals surface area contributed by atoms with Gasteiger partial charge in [0.2, 0.25) is 0 Å². The zero-order chi connectivity index (χ0) is 16.4. The molecule has 23 heavy (non-hydrogen) atoms. The van der Waals surface area contributed by atoms with Crippen LogP contribution in [0.5, 0.6) is 5.75 Å². The lowest BCUT2D eigenvalue weighted by Crippen LogP contribution is -2.12. The van der Waals surface area contributed by atoms with Crippen LogP contribution in [-0.4, -0.2) is 25.1 Å². The first-order valence-corrected chi connectivity index (χ1v) is 8.64. The Morgan fingerprint density at radius 1 is 1.26 bits per heavy atom. The number of aromatic nitrogens is 2.